The Bertz CT molecular complexity index is 1080. The number of benzene rings is 2. The van der Waals surface area contributed by atoms with E-state index >= 15 is 0 Å². The van der Waals surface area contributed by atoms with Crippen molar-refractivity contribution in [3.8, 4) is 22.8 Å². The Balaban J connectivity index is 1.25. The number of aromatic nitrogens is 2. The van der Waals surface area contributed by atoms with Gasteiger partial charge in [-0.25, -0.2) is 9.97 Å². The van der Waals surface area contributed by atoms with E-state index in [1.165, 1.54) is 0 Å². The van der Waals surface area contributed by atoms with E-state index in [9.17, 15) is 4.79 Å². The van der Waals surface area contributed by atoms with Gasteiger partial charge in [-0.05, 0) is 19.1 Å². The van der Waals surface area contributed by atoms with E-state index in [0.29, 0.717) is 37.7 Å². The van der Waals surface area contributed by atoms with Crippen LogP contribution in [-0.2, 0) is 4.79 Å². The Morgan fingerprint density at radius 1 is 0.935 bits per heavy atom. The lowest BCUT2D eigenvalue weighted by Crippen LogP contribution is -2.54. The van der Waals surface area contributed by atoms with Crippen LogP contribution in [0.1, 0.15) is 5.82 Å². The highest BCUT2D eigenvalue weighted by Gasteiger charge is 2.33. The van der Waals surface area contributed by atoms with Crippen molar-refractivity contribution in [3.05, 3.63) is 66.5 Å². The first-order chi connectivity index (χ1) is 15.2. The quantitative estimate of drug-likeness (QED) is 0.654. The van der Waals surface area contributed by atoms with Crippen molar-refractivity contribution in [2.24, 2.45) is 0 Å². The molecule has 31 heavy (non-hydrogen) atoms. The van der Waals surface area contributed by atoms with Gasteiger partial charge in [0.25, 0.3) is 5.91 Å². The van der Waals surface area contributed by atoms with Crippen LogP contribution in [0.4, 0.5) is 5.82 Å². The molecule has 158 valence electrons. The third kappa shape index (κ3) is 4.03. The van der Waals surface area contributed by atoms with E-state index in [2.05, 4.69) is 14.9 Å². The van der Waals surface area contributed by atoms with Crippen LogP contribution in [0.15, 0.2) is 60.7 Å². The summed E-state index contributed by atoms with van der Waals surface area (Å²) in [4.78, 5) is 26.3. The number of hydrogen-bond acceptors (Lipinski definition) is 6. The van der Waals surface area contributed by atoms with Crippen LogP contribution in [0, 0.1) is 6.92 Å². The molecule has 1 unspecified atom stereocenters. The fourth-order valence-electron chi connectivity index (χ4n) is 3.97. The summed E-state index contributed by atoms with van der Waals surface area (Å²) in [5, 5.41) is 0. The van der Waals surface area contributed by atoms with Gasteiger partial charge in [0, 0.05) is 37.8 Å². The van der Waals surface area contributed by atoms with Gasteiger partial charge in [0.15, 0.2) is 11.5 Å². The number of rotatable bonds is 3. The average Bonchev–Trinajstić information content (AvgIpc) is 2.83. The van der Waals surface area contributed by atoms with Crippen molar-refractivity contribution in [2.75, 3.05) is 37.7 Å². The molecule has 0 bridgehead atoms. The molecule has 5 rings (SSSR count). The minimum absolute atomic E-state index is 0.0296. The predicted octanol–water partition coefficient (Wildman–Crippen LogP) is 2.94. The van der Waals surface area contributed by atoms with Crippen molar-refractivity contribution < 1.29 is 14.3 Å². The summed E-state index contributed by atoms with van der Waals surface area (Å²) >= 11 is 0. The van der Waals surface area contributed by atoms with Crippen LogP contribution in [0.2, 0.25) is 0 Å². The number of ether oxygens (including phenoxy) is 2. The lowest BCUT2D eigenvalue weighted by Gasteiger charge is -2.37. The van der Waals surface area contributed by atoms with Gasteiger partial charge < -0.3 is 19.3 Å². The molecule has 2 aromatic carbocycles. The van der Waals surface area contributed by atoms with Gasteiger partial charge in [0.2, 0.25) is 6.10 Å². The molecule has 1 aromatic heterocycles. The minimum Gasteiger partial charge on any atom is -0.485 e. The summed E-state index contributed by atoms with van der Waals surface area (Å²) in [6.07, 6.45) is -0.604. The predicted molar refractivity (Wildman–Crippen MR) is 117 cm³/mol. The van der Waals surface area contributed by atoms with Gasteiger partial charge in [-0.3, -0.25) is 4.79 Å². The smallest absolute Gasteiger partial charge is 0.267 e. The number of carbonyl (C=O) groups excluding carboxylic acids is 1. The lowest BCUT2D eigenvalue weighted by molar-refractivity contribution is -0.141. The highest BCUT2D eigenvalue weighted by Crippen LogP contribution is 2.31. The second-order valence-corrected chi connectivity index (χ2v) is 7.70. The molecule has 1 fully saturated rings. The summed E-state index contributed by atoms with van der Waals surface area (Å²) < 4.78 is 11.6. The molecule has 0 spiro atoms. The maximum atomic E-state index is 13.0. The molecular weight excluding hydrogens is 392 g/mol. The number of aryl methyl sites for hydroxylation is 1. The van der Waals surface area contributed by atoms with E-state index in [1.54, 1.807) is 0 Å². The van der Waals surface area contributed by atoms with E-state index < -0.39 is 6.10 Å². The molecule has 3 heterocycles. The molecule has 0 saturated carbocycles. The summed E-state index contributed by atoms with van der Waals surface area (Å²) in [5.74, 6) is 2.91. The van der Waals surface area contributed by atoms with Gasteiger partial charge >= 0.3 is 0 Å². The van der Waals surface area contributed by atoms with E-state index in [0.717, 1.165) is 22.9 Å². The summed E-state index contributed by atoms with van der Waals surface area (Å²) in [6.45, 7) is 4.80. The van der Waals surface area contributed by atoms with E-state index in [4.69, 9.17) is 9.47 Å². The monoisotopic (exact) mass is 416 g/mol. The van der Waals surface area contributed by atoms with Crippen LogP contribution in [0.5, 0.6) is 11.5 Å². The fraction of sp³-hybridized carbons (Fsp3) is 0.292. The number of hydrogen-bond donors (Lipinski definition) is 0. The standard InChI is InChI=1S/C24H24N4O3/c1-17-25-19(18-7-3-2-4-8-18)15-23(26-17)27-11-13-28(14-12-27)24(29)22-16-30-20-9-5-6-10-21(20)31-22/h2-10,15,22H,11-14,16H2,1H3. The van der Waals surface area contributed by atoms with Crippen LogP contribution >= 0.6 is 0 Å². The van der Waals surface area contributed by atoms with E-state index in [1.807, 2.05) is 72.5 Å². The zero-order chi connectivity index (χ0) is 21.2. The zero-order valence-corrected chi connectivity index (χ0v) is 17.4. The Morgan fingerprint density at radius 3 is 2.42 bits per heavy atom. The second kappa shape index (κ2) is 8.26. The Morgan fingerprint density at radius 2 is 1.65 bits per heavy atom. The van der Waals surface area contributed by atoms with Crippen LogP contribution in [-0.4, -0.2) is 59.7 Å². The second-order valence-electron chi connectivity index (χ2n) is 7.70. The average molecular weight is 416 g/mol. The summed E-state index contributed by atoms with van der Waals surface area (Å²) in [5.41, 5.74) is 1.98. The Labute approximate surface area is 181 Å². The Hall–Kier alpha value is -3.61. The molecule has 0 aliphatic carbocycles. The number of nitrogens with zero attached hydrogens (tertiary/aromatic N) is 4. The molecule has 0 N–H and O–H groups in total. The van der Waals surface area contributed by atoms with Crippen molar-refractivity contribution in [1.29, 1.82) is 0 Å². The molecule has 7 nitrogen and oxygen atoms in total. The van der Waals surface area contributed by atoms with Crippen molar-refractivity contribution in [3.63, 3.8) is 0 Å². The molecule has 2 aliphatic rings. The molecule has 0 radical (unpaired) electrons. The summed E-state index contributed by atoms with van der Waals surface area (Å²) in [7, 11) is 0. The first kappa shape index (κ1) is 19.4. The maximum Gasteiger partial charge on any atom is 0.267 e. The highest BCUT2D eigenvalue weighted by atomic mass is 16.6. The van der Waals surface area contributed by atoms with Gasteiger partial charge in [-0.1, -0.05) is 42.5 Å². The van der Waals surface area contributed by atoms with Crippen LogP contribution < -0.4 is 14.4 Å². The van der Waals surface area contributed by atoms with Gasteiger partial charge in [0.1, 0.15) is 18.2 Å². The number of para-hydroxylation sites is 2. The topological polar surface area (TPSA) is 67.8 Å². The van der Waals surface area contributed by atoms with Gasteiger partial charge in [-0.15, -0.1) is 0 Å². The lowest BCUT2D eigenvalue weighted by atomic mass is 10.1. The molecule has 1 amide bonds. The molecular formula is C24H24N4O3. The zero-order valence-electron chi connectivity index (χ0n) is 17.4. The SMILES string of the molecule is Cc1nc(-c2ccccc2)cc(N2CCN(C(=O)C3COc4ccccc4O3)CC2)n1. The first-order valence-corrected chi connectivity index (χ1v) is 10.5. The largest absolute Gasteiger partial charge is 0.485 e. The molecule has 1 atom stereocenters. The number of anilines is 1. The van der Waals surface area contributed by atoms with Crippen molar-refractivity contribution in [1.82, 2.24) is 14.9 Å². The summed E-state index contributed by atoms with van der Waals surface area (Å²) in [6, 6.07) is 19.6. The molecule has 3 aromatic rings. The fourth-order valence-corrected chi connectivity index (χ4v) is 3.97. The Kier molecular flexibility index (Phi) is 5.16. The van der Waals surface area contributed by atoms with Crippen LogP contribution in [0.3, 0.4) is 0 Å². The first-order valence-electron chi connectivity index (χ1n) is 10.5. The molecule has 2 aliphatic heterocycles. The number of carbonyl (C=O) groups is 1. The highest BCUT2D eigenvalue weighted by molar-refractivity contribution is 5.82. The normalized spacial score (nSPS) is 18.0. The van der Waals surface area contributed by atoms with Crippen LogP contribution in [0.25, 0.3) is 11.3 Å². The van der Waals surface area contributed by atoms with Gasteiger partial charge in [0.05, 0.1) is 5.69 Å². The minimum atomic E-state index is -0.604. The van der Waals surface area contributed by atoms with Crippen molar-refractivity contribution in [2.45, 2.75) is 13.0 Å². The number of amides is 1. The molecule has 7 heteroatoms. The third-order valence-corrected chi connectivity index (χ3v) is 5.59. The number of fused-ring (bicyclic) bond motifs is 1. The van der Waals surface area contributed by atoms with E-state index in [-0.39, 0.29) is 12.5 Å². The molecule has 1 saturated heterocycles. The number of piperazine rings is 1. The maximum absolute atomic E-state index is 13.0. The van der Waals surface area contributed by atoms with Crippen molar-refractivity contribution >= 4 is 11.7 Å². The third-order valence-electron chi connectivity index (χ3n) is 5.59. The van der Waals surface area contributed by atoms with Gasteiger partial charge in [-0.2, -0.15) is 0 Å².